The Morgan fingerprint density at radius 3 is 3.20 bits per heavy atom. The quantitative estimate of drug-likeness (QED) is 0.591. The van der Waals surface area contributed by atoms with Gasteiger partial charge >= 0.3 is 0 Å². The topological polar surface area (TPSA) is 17.3 Å². The summed E-state index contributed by atoms with van der Waals surface area (Å²) in [6.45, 7) is 1.98. The molecule has 2 heterocycles. The van der Waals surface area contributed by atoms with Crippen LogP contribution >= 0.6 is 34.9 Å². The lowest BCUT2D eigenvalue weighted by Crippen LogP contribution is -1.80. The molecule has 0 N–H and O–H groups in total. The summed E-state index contributed by atoms with van der Waals surface area (Å²) < 4.78 is 2.64. The minimum atomic E-state index is 0.833. The first-order chi connectivity index (χ1) is 4.77. The van der Waals surface area contributed by atoms with Crippen molar-refractivity contribution >= 4 is 39.7 Å². The monoisotopic (exact) mass is 188 g/mol. The van der Waals surface area contributed by atoms with Crippen LogP contribution in [0.15, 0.2) is 5.38 Å². The molecule has 0 unspecified atom stereocenters. The van der Waals surface area contributed by atoms with E-state index in [1.165, 1.54) is 0 Å². The Kier molecular flexibility index (Phi) is 1.36. The minimum absolute atomic E-state index is 0.833. The number of hydrogen-bond donors (Lipinski definition) is 0. The molecule has 0 radical (unpaired) electrons. The first-order valence-corrected chi connectivity index (χ1v) is 4.82. The van der Waals surface area contributed by atoms with E-state index in [4.69, 9.17) is 12.2 Å². The molecular weight excluding hydrogens is 184 g/mol. The van der Waals surface area contributed by atoms with Gasteiger partial charge in [0.25, 0.3) is 0 Å². The molecule has 2 nitrogen and oxygen atoms in total. The van der Waals surface area contributed by atoms with E-state index >= 15 is 0 Å². The van der Waals surface area contributed by atoms with E-state index in [-0.39, 0.29) is 0 Å². The smallest absolute Gasteiger partial charge is 0.183 e. The van der Waals surface area contributed by atoms with Crippen LogP contribution in [-0.2, 0) is 0 Å². The molecule has 52 valence electrons. The van der Waals surface area contributed by atoms with Crippen molar-refractivity contribution in [1.82, 2.24) is 9.61 Å². The molecule has 2 rings (SSSR count). The second-order valence-corrected chi connectivity index (χ2v) is 4.59. The average Bonchev–Trinajstić information content (AvgIpc) is 2.35. The van der Waals surface area contributed by atoms with Crippen molar-refractivity contribution in [3.8, 4) is 0 Å². The van der Waals surface area contributed by atoms with Crippen LogP contribution in [0.5, 0.6) is 0 Å². The zero-order chi connectivity index (χ0) is 7.14. The molecule has 0 bridgehead atoms. The molecule has 0 saturated carbocycles. The standard InChI is InChI=1S/C5H4N2S3/c1-3-6-7-4(10-3)2-9-5(7)8/h2H,1H3. The van der Waals surface area contributed by atoms with Crippen molar-refractivity contribution in [2.45, 2.75) is 6.92 Å². The first-order valence-electron chi connectivity index (χ1n) is 2.71. The number of thiazole rings is 1. The van der Waals surface area contributed by atoms with E-state index in [1.807, 2.05) is 12.3 Å². The summed E-state index contributed by atoms with van der Waals surface area (Å²) in [7, 11) is 0. The third-order valence-electron chi connectivity index (χ3n) is 1.14. The SMILES string of the molecule is Cc1nn2c(=S)scc2s1. The summed E-state index contributed by atoms with van der Waals surface area (Å²) in [6.07, 6.45) is 0. The Hall–Kier alpha value is -0.260. The van der Waals surface area contributed by atoms with E-state index < -0.39 is 0 Å². The van der Waals surface area contributed by atoms with E-state index in [0.29, 0.717) is 0 Å². The third kappa shape index (κ3) is 0.817. The van der Waals surface area contributed by atoms with Crippen LogP contribution in [0.3, 0.4) is 0 Å². The Balaban J connectivity index is 3.03. The maximum atomic E-state index is 5.03. The molecule has 0 spiro atoms. The fourth-order valence-electron chi connectivity index (χ4n) is 0.761. The molecule has 0 saturated heterocycles. The zero-order valence-electron chi connectivity index (χ0n) is 5.20. The fraction of sp³-hybridized carbons (Fsp3) is 0.200. The molecule has 2 aromatic heterocycles. The summed E-state index contributed by atoms with van der Waals surface area (Å²) in [5.74, 6) is 0. The Morgan fingerprint density at radius 2 is 2.50 bits per heavy atom. The van der Waals surface area contributed by atoms with Crippen molar-refractivity contribution in [3.05, 3.63) is 14.3 Å². The van der Waals surface area contributed by atoms with Gasteiger partial charge in [0, 0.05) is 5.38 Å². The van der Waals surface area contributed by atoms with Gasteiger partial charge in [0.05, 0.1) is 0 Å². The van der Waals surface area contributed by atoms with Crippen LogP contribution in [0.25, 0.3) is 4.83 Å². The maximum absolute atomic E-state index is 5.03. The molecule has 0 aliphatic rings. The second kappa shape index (κ2) is 2.11. The van der Waals surface area contributed by atoms with Crippen LogP contribution in [-0.4, -0.2) is 9.61 Å². The van der Waals surface area contributed by atoms with Gasteiger partial charge in [-0.25, -0.2) is 4.52 Å². The molecule has 0 atom stereocenters. The molecule has 0 amide bonds. The van der Waals surface area contributed by atoms with Gasteiger partial charge in [0.2, 0.25) is 0 Å². The van der Waals surface area contributed by atoms with Crippen LogP contribution in [0.1, 0.15) is 5.01 Å². The van der Waals surface area contributed by atoms with Crippen molar-refractivity contribution in [3.63, 3.8) is 0 Å². The second-order valence-electron chi connectivity index (χ2n) is 1.87. The first kappa shape index (κ1) is 6.45. The lowest BCUT2D eigenvalue weighted by molar-refractivity contribution is 0.944. The van der Waals surface area contributed by atoms with Crippen molar-refractivity contribution in [1.29, 1.82) is 0 Å². The number of fused-ring (bicyclic) bond motifs is 1. The Morgan fingerprint density at radius 1 is 1.70 bits per heavy atom. The highest BCUT2D eigenvalue weighted by Crippen LogP contribution is 2.18. The highest BCUT2D eigenvalue weighted by atomic mass is 32.1. The highest BCUT2D eigenvalue weighted by molar-refractivity contribution is 7.73. The van der Waals surface area contributed by atoms with Crippen LogP contribution in [0, 0.1) is 10.9 Å². The van der Waals surface area contributed by atoms with Gasteiger partial charge in [-0.1, -0.05) is 11.3 Å². The van der Waals surface area contributed by atoms with Crippen LogP contribution < -0.4 is 0 Å². The van der Waals surface area contributed by atoms with Gasteiger partial charge in [-0.15, -0.1) is 11.3 Å². The van der Waals surface area contributed by atoms with E-state index in [2.05, 4.69) is 5.10 Å². The summed E-state index contributed by atoms with van der Waals surface area (Å²) in [5.41, 5.74) is 0. The normalized spacial score (nSPS) is 10.9. The van der Waals surface area contributed by atoms with E-state index in [0.717, 1.165) is 13.8 Å². The molecule has 0 aliphatic heterocycles. The van der Waals surface area contributed by atoms with E-state index in [9.17, 15) is 0 Å². The summed E-state index contributed by atoms with van der Waals surface area (Å²) in [6, 6.07) is 0. The largest absolute Gasteiger partial charge is 0.201 e. The van der Waals surface area contributed by atoms with E-state index in [1.54, 1.807) is 27.2 Å². The summed E-state index contributed by atoms with van der Waals surface area (Å²) >= 11 is 8.25. The molecule has 0 aliphatic carbocycles. The zero-order valence-corrected chi connectivity index (χ0v) is 7.65. The van der Waals surface area contributed by atoms with Crippen molar-refractivity contribution in [2.24, 2.45) is 0 Å². The fourth-order valence-corrected chi connectivity index (χ4v) is 2.68. The van der Waals surface area contributed by atoms with Gasteiger partial charge in [-0.2, -0.15) is 5.10 Å². The summed E-state index contributed by atoms with van der Waals surface area (Å²) in [4.78, 5) is 1.15. The Labute approximate surface area is 70.8 Å². The Bertz CT molecular complexity index is 408. The molecule has 10 heavy (non-hydrogen) atoms. The number of aromatic nitrogens is 2. The predicted octanol–water partition coefficient (Wildman–Crippen LogP) is 2.50. The van der Waals surface area contributed by atoms with Gasteiger partial charge in [0.15, 0.2) is 3.95 Å². The van der Waals surface area contributed by atoms with Gasteiger partial charge in [-0.05, 0) is 19.1 Å². The van der Waals surface area contributed by atoms with Crippen molar-refractivity contribution < 1.29 is 0 Å². The van der Waals surface area contributed by atoms with Gasteiger partial charge in [0.1, 0.15) is 9.84 Å². The maximum Gasteiger partial charge on any atom is 0.183 e. The van der Waals surface area contributed by atoms with Crippen molar-refractivity contribution in [2.75, 3.05) is 0 Å². The average molecular weight is 188 g/mol. The molecule has 5 heteroatoms. The molecule has 2 aromatic rings. The number of rotatable bonds is 0. The molecular formula is C5H4N2S3. The molecule has 0 aromatic carbocycles. The minimum Gasteiger partial charge on any atom is -0.201 e. The van der Waals surface area contributed by atoms with Gasteiger partial charge < -0.3 is 0 Å². The third-order valence-corrected chi connectivity index (χ3v) is 3.34. The van der Waals surface area contributed by atoms with Gasteiger partial charge in [-0.3, -0.25) is 0 Å². The molecule has 0 fully saturated rings. The van der Waals surface area contributed by atoms with Crippen LogP contribution in [0.2, 0.25) is 0 Å². The van der Waals surface area contributed by atoms with Crippen LogP contribution in [0.4, 0.5) is 0 Å². The number of aryl methyl sites for hydroxylation is 1. The predicted molar refractivity (Wildman–Crippen MR) is 46.5 cm³/mol. The number of nitrogens with zero attached hydrogens (tertiary/aromatic N) is 2. The lowest BCUT2D eigenvalue weighted by Gasteiger charge is -1.74. The highest BCUT2D eigenvalue weighted by Gasteiger charge is 1.99. The summed E-state index contributed by atoms with van der Waals surface area (Å²) in [5, 5.41) is 7.31. The number of hydrogen-bond acceptors (Lipinski definition) is 4. The lowest BCUT2D eigenvalue weighted by atomic mass is 10.9.